The smallest absolute Gasteiger partial charge is 0.285 e. The van der Waals surface area contributed by atoms with Crippen molar-refractivity contribution in [3.63, 3.8) is 0 Å². The van der Waals surface area contributed by atoms with E-state index in [1.165, 1.54) is 13.2 Å². The molecule has 1 fully saturated rings. The van der Waals surface area contributed by atoms with E-state index in [1.807, 2.05) is 4.72 Å². The van der Waals surface area contributed by atoms with Gasteiger partial charge in [0.25, 0.3) is 5.91 Å². The molecule has 26 heavy (non-hydrogen) atoms. The minimum Gasteiger partial charge on any atom is -0.495 e. The molecule has 0 unspecified atom stereocenters. The van der Waals surface area contributed by atoms with Crippen LogP contribution in [0.3, 0.4) is 0 Å². The number of halogens is 1. The fraction of sp³-hybridized carbons (Fsp3) is 0.353. The Morgan fingerprint density at radius 3 is 2.69 bits per heavy atom. The first-order valence-electron chi connectivity index (χ1n) is 8.09. The van der Waals surface area contributed by atoms with E-state index in [0.717, 1.165) is 12.8 Å². The molecule has 1 aromatic carbocycles. The highest BCUT2D eigenvalue weighted by molar-refractivity contribution is 7.90. The van der Waals surface area contributed by atoms with Crippen molar-refractivity contribution in [3.05, 3.63) is 52.3 Å². The largest absolute Gasteiger partial charge is 0.495 e. The molecular weight excluding hydrogens is 378 g/mol. The van der Waals surface area contributed by atoms with Crippen LogP contribution in [0.25, 0.3) is 0 Å². The predicted molar refractivity (Wildman–Crippen MR) is 97.0 cm³/mol. The van der Waals surface area contributed by atoms with Gasteiger partial charge in [0, 0.05) is 17.0 Å². The Bertz CT molecular complexity index is 929. The van der Waals surface area contributed by atoms with Gasteiger partial charge >= 0.3 is 0 Å². The van der Waals surface area contributed by atoms with Crippen LogP contribution < -0.4 is 9.46 Å². The molecule has 0 radical (unpaired) electrons. The number of carbonyl (C=O) groups excluding carboxylic acids is 1. The Morgan fingerprint density at radius 1 is 1.31 bits per heavy atom. The van der Waals surface area contributed by atoms with Crippen LogP contribution in [-0.2, 0) is 16.4 Å². The molecule has 1 aliphatic carbocycles. The van der Waals surface area contributed by atoms with E-state index in [0.29, 0.717) is 27.9 Å². The van der Waals surface area contributed by atoms with Gasteiger partial charge in [-0.3, -0.25) is 4.79 Å². The van der Waals surface area contributed by atoms with Gasteiger partial charge in [-0.2, -0.15) is 5.10 Å². The second kappa shape index (κ2) is 7.59. The number of rotatable bonds is 7. The van der Waals surface area contributed by atoms with Gasteiger partial charge in [-0.1, -0.05) is 29.8 Å². The molecule has 1 heterocycles. The Kier molecular flexibility index (Phi) is 5.43. The van der Waals surface area contributed by atoms with Crippen molar-refractivity contribution in [2.75, 3.05) is 12.9 Å². The minimum atomic E-state index is -3.84. The highest BCUT2D eigenvalue weighted by Crippen LogP contribution is 2.42. The molecule has 1 saturated carbocycles. The lowest BCUT2D eigenvalue weighted by molar-refractivity contribution is 0.0975. The van der Waals surface area contributed by atoms with E-state index in [9.17, 15) is 13.2 Å². The zero-order valence-corrected chi connectivity index (χ0v) is 15.7. The normalized spacial score (nSPS) is 14.1. The maximum atomic E-state index is 12.2. The number of aryl methyl sites for hydroxylation is 1. The summed E-state index contributed by atoms with van der Waals surface area (Å²) in [4.78, 5) is 12.2. The van der Waals surface area contributed by atoms with Crippen molar-refractivity contribution in [1.82, 2.24) is 14.9 Å². The van der Waals surface area contributed by atoms with Crippen LogP contribution in [0.2, 0.25) is 5.02 Å². The van der Waals surface area contributed by atoms with E-state index < -0.39 is 15.9 Å². The average molecular weight is 396 g/mol. The van der Waals surface area contributed by atoms with Crippen LogP contribution in [0, 0.1) is 0 Å². The summed E-state index contributed by atoms with van der Waals surface area (Å²) in [5.41, 5.74) is 1.29. The van der Waals surface area contributed by atoms with Crippen LogP contribution in [0.15, 0.2) is 30.3 Å². The molecule has 0 aliphatic heterocycles. The molecule has 0 saturated heterocycles. The Balaban J connectivity index is 1.67. The van der Waals surface area contributed by atoms with Crippen molar-refractivity contribution in [1.29, 1.82) is 0 Å². The minimum absolute atomic E-state index is 0.104. The second-order valence-corrected chi connectivity index (χ2v) is 8.30. The number of nitrogens with one attached hydrogen (secondary N) is 1. The molecule has 0 atom stereocenters. The van der Waals surface area contributed by atoms with Gasteiger partial charge in [0.1, 0.15) is 11.4 Å². The maximum Gasteiger partial charge on any atom is 0.285 e. The van der Waals surface area contributed by atoms with Crippen LogP contribution in [-0.4, -0.2) is 37.4 Å². The lowest BCUT2D eigenvalue weighted by Crippen LogP contribution is -2.34. The number of amides is 1. The number of ether oxygens (including phenoxy) is 1. The summed E-state index contributed by atoms with van der Waals surface area (Å²) in [7, 11) is -2.37. The van der Waals surface area contributed by atoms with Gasteiger partial charge in [0.05, 0.1) is 12.9 Å². The summed E-state index contributed by atoms with van der Waals surface area (Å²) < 4.78 is 31.6. The third kappa shape index (κ3) is 4.50. The van der Waals surface area contributed by atoms with E-state index in [-0.39, 0.29) is 17.9 Å². The van der Waals surface area contributed by atoms with Crippen molar-refractivity contribution < 1.29 is 17.9 Å². The van der Waals surface area contributed by atoms with Crippen LogP contribution in [0.5, 0.6) is 5.75 Å². The number of methoxy groups -OCH3 is 1. The molecule has 1 N–H and O–H groups in total. The molecule has 0 spiro atoms. The fourth-order valence-electron chi connectivity index (χ4n) is 2.49. The number of nitrogens with zero attached hydrogens (tertiary/aromatic N) is 2. The highest BCUT2D eigenvalue weighted by Gasteiger charge is 2.30. The SMILES string of the molecule is COc1cc(C(=O)NS(=O)(=O)CCc2ccccc2Cl)nnc1C1CC1. The number of aromatic nitrogens is 2. The van der Waals surface area contributed by atoms with Crippen LogP contribution >= 0.6 is 11.6 Å². The molecule has 1 amide bonds. The Hall–Kier alpha value is -2.19. The first-order valence-corrected chi connectivity index (χ1v) is 10.1. The first kappa shape index (κ1) is 18.6. The van der Waals surface area contributed by atoms with E-state index in [2.05, 4.69) is 10.2 Å². The van der Waals surface area contributed by atoms with Crippen LogP contribution in [0.4, 0.5) is 0 Å². The average Bonchev–Trinajstić information content (AvgIpc) is 3.45. The quantitative estimate of drug-likeness (QED) is 0.772. The number of sulfonamides is 1. The number of hydrogen-bond donors (Lipinski definition) is 1. The third-order valence-corrected chi connectivity index (χ3v) is 5.66. The topological polar surface area (TPSA) is 98.2 Å². The third-order valence-electron chi connectivity index (χ3n) is 4.05. The van der Waals surface area contributed by atoms with Gasteiger partial charge in [-0.05, 0) is 30.9 Å². The Morgan fingerprint density at radius 2 is 2.04 bits per heavy atom. The summed E-state index contributed by atoms with van der Waals surface area (Å²) in [5, 5.41) is 8.34. The summed E-state index contributed by atoms with van der Waals surface area (Å²) in [6, 6.07) is 8.38. The monoisotopic (exact) mass is 395 g/mol. The van der Waals surface area contributed by atoms with Gasteiger partial charge in [-0.25, -0.2) is 13.1 Å². The lowest BCUT2D eigenvalue weighted by atomic mass is 10.2. The van der Waals surface area contributed by atoms with Gasteiger partial charge in [0.2, 0.25) is 10.0 Å². The molecule has 1 aromatic heterocycles. The number of carbonyl (C=O) groups is 1. The molecule has 9 heteroatoms. The van der Waals surface area contributed by atoms with Crippen molar-refractivity contribution >= 4 is 27.5 Å². The summed E-state index contributed by atoms with van der Waals surface area (Å²) in [5.74, 6) is -0.361. The standard InChI is InChI=1S/C17H18ClN3O4S/c1-25-15-10-14(19-20-16(15)12-6-7-12)17(22)21-26(23,24)9-8-11-4-2-3-5-13(11)18/h2-5,10,12H,6-9H2,1H3,(H,21,22). The fourth-order valence-corrected chi connectivity index (χ4v) is 3.70. The molecule has 0 bridgehead atoms. The summed E-state index contributed by atoms with van der Waals surface area (Å²) in [6.07, 6.45) is 2.21. The number of hydrogen-bond acceptors (Lipinski definition) is 6. The van der Waals surface area contributed by atoms with Gasteiger partial charge in [-0.15, -0.1) is 5.10 Å². The van der Waals surface area contributed by atoms with E-state index >= 15 is 0 Å². The lowest BCUT2D eigenvalue weighted by Gasteiger charge is -2.09. The second-order valence-electron chi connectivity index (χ2n) is 6.05. The van der Waals surface area contributed by atoms with Crippen LogP contribution in [0.1, 0.15) is 40.5 Å². The summed E-state index contributed by atoms with van der Waals surface area (Å²) >= 11 is 6.02. The predicted octanol–water partition coefficient (Wildman–Crippen LogP) is 2.32. The Labute approximate surface area is 156 Å². The van der Waals surface area contributed by atoms with E-state index in [4.69, 9.17) is 16.3 Å². The first-order chi connectivity index (χ1) is 12.4. The molecular formula is C17H18ClN3O4S. The maximum absolute atomic E-state index is 12.2. The van der Waals surface area contributed by atoms with Gasteiger partial charge in [0.15, 0.2) is 5.69 Å². The highest BCUT2D eigenvalue weighted by atomic mass is 35.5. The molecule has 138 valence electrons. The zero-order valence-electron chi connectivity index (χ0n) is 14.1. The van der Waals surface area contributed by atoms with Gasteiger partial charge < -0.3 is 4.74 Å². The van der Waals surface area contributed by atoms with Crippen molar-refractivity contribution in [3.8, 4) is 5.75 Å². The van der Waals surface area contributed by atoms with E-state index in [1.54, 1.807) is 24.3 Å². The van der Waals surface area contributed by atoms with Crippen molar-refractivity contribution in [2.24, 2.45) is 0 Å². The molecule has 3 rings (SSSR count). The van der Waals surface area contributed by atoms with Crippen molar-refractivity contribution in [2.45, 2.75) is 25.2 Å². The summed E-state index contributed by atoms with van der Waals surface area (Å²) in [6.45, 7) is 0. The molecule has 1 aliphatic rings. The molecule has 2 aromatic rings. The number of benzene rings is 1. The molecule has 7 nitrogen and oxygen atoms in total. The zero-order chi connectivity index (χ0) is 18.7.